The van der Waals surface area contributed by atoms with Crippen LogP contribution in [0.3, 0.4) is 0 Å². The summed E-state index contributed by atoms with van der Waals surface area (Å²) in [4.78, 5) is 8.89. The summed E-state index contributed by atoms with van der Waals surface area (Å²) in [6.45, 7) is 7.96. The van der Waals surface area contributed by atoms with Gasteiger partial charge in [0.05, 0.1) is 23.2 Å². The number of aryl methyl sites for hydroxylation is 2. The van der Waals surface area contributed by atoms with Crippen LogP contribution in [0.25, 0.3) is 11.3 Å². The van der Waals surface area contributed by atoms with E-state index < -0.39 is 0 Å². The first-order chi connectivity index (χ1) is 8.56. The standard InChI is InChI=1S/C15H18N2O/c1-10(2)18-14-7-5-6-13(8-14)15-12(4)17-11(3)9-16-15/h5-10H,1-4H3. The Morgan fingerprint density at radius 1 is 1.17 bits per heavy atom. The van der Waals surface area contributed by atoms with Crippen molar-refractivity contribution in [3.8, 4) is 17.0 Å². The summed E-state index contributed by atoms with van der Waals surface area (Å²) >= 11 is 0. The first-order valence-electron chi connectivity index (χ1n) is 6.13. The molecule has 0 radical (unpaired) electrons. The largest absolute Gasteiger partial charge is 0.491 e. The second-order valence-electron chi connectivity index (χ2n) is 4.64. The molecule has 0 saturated carbocycles. The van der Waals surface area contributed by atoms with Crippen LogP contribution >= 0.6 is 0 Å². The van der Waals surface area contributed by atoms with E-state index in [1.807, 2.05) is 52.0 Å². The van der Waals surface area contributed by atoms with Gasteiger partial charge in [0.2, 0.25) is 0 Å². The lowest BCUT2D eigenvalue weighted by molar-refractivity contribution is 0.242. The van der Waals surface area contributed by atoms with Gasteiger partial charge in [0.1, 0.15) is 5.75 Å². The molecule has 0 aliphatic heterocycles. The van der Waals surface area contributed by atoms with Gasteiger partial charge in [-0.3, -0.25) is 9.97 Å². The molecular formula is C15H18N2O. The average molecular weight is 242 g/mol. The summed E-state index contributed by atoms with van der Waals surface area (Å²) in [5.74, 6) is 0.865. The molecular weight excluding hydrogens is 224 g/mol. The Hall–Kier alpha value is -1.90. The van der Waals surface area contributed by atoms with Crippen molar-refractivity contribution in [2.24, 2.45) is 0 Å². The van der Waals surface area contributed by atoms with Crippen LogP contribution in [0.5, 0.6) is 5.75 Å². The minimum Gasteiger partial charge on any atom is -0.491 e. The molecule has 0 spiro atoms. The Bertz CT molecular complexity index is 550. The zero-order chi connectivity index (χ0) is 13.1. The maximum atomic E-state index is 5.69. The molecule has 3 heteroatoms. The van der Waals surface area contributed by atoms with Crippen LogP contribution in [-0.4, -0.2) is 16.1 Å². The minimum absolute atomic E-state index is 0.172. The van der Waals surface area contributed by atoms with Crippen molar-refractivity contribution in [2.45, 2.75) is 33.8 Å². The molecule has 0 atom stereocenters. The third kappa shape index (κ3) is 2.86. The third-order valence-electron chi connectivity index (χ3n) is 2.55. The Morgan fingerprint density at radius 3 is 2.61 bits per heavy atom. The molecule has 0 bridgehead atoms. The van der Waals surface area contributed by atoms with Crippen LogP contribution in [0.2, 0.25) is 0 Å². The quantitative estimate of drug-likeness (QED) is 0.825. The van der Waals surface area contributed by atoms with Crippen LogP contribution in [0.15, 0.2) is 30.5 Å². The fourth-order valence-electron chi connectivity index (χ4n) is 1.87. The topological polar surface area (TPSA) is 35.0 Å². The van der Waals surface area contributed by atoms with Crippen LogP contribution in [-0.2, 0) is 0 Å². The molecule has 0 amide bonds. The fourth-order valence-corrected chi connectivity index (χ4v) is 1.87. The summed E-state index contributed by atoms with van der Waals surface area (Å²) in [7, 11) is 0. The van der Waals surface area contributed by atoms with E-state index in [4.69, 9.17) is 4.74 Å². The van der Waals surface area contributed by atoms with Gasteiger partial charge >= 0.3 is 0 Å². The van der Waals surface area contributed by atoms with E-state index in [-0.39, 0.29) is 6.10 Å². The molecule has 1 heterocycles. The SMILES string of the molecule is Cc1cnc(-c2cccc(OC(C)C)c2)c(C)n1. The van der Waals surface area contributed by atoms with E-state index in [0.717, 1.165) is 28.4 Å². The van der Waals surface area contributed by atoms with Gasteiger partial charge in [-0.15, -0.1) is 0 Å². The van der Waals surface area contributed by atoms with Crippen LogP contribution in [0.1, 0.15) is 25.2 Å². The molecule has 18 heavy (non-hydrogen) atoms. The zero-order valence-corrected chi connectivity index (χ0v) is 11.3. The van der Waals surface area contributed by atoms with Crippen molar-refractivity contribution in [3.05, 3.63) is 41.9 Å². The van der Waals surface area contributed by atoms with Gasteiger partial charge in [-0.05, 0) is 39.8 Å². The number of hydrogen-bond donors (Lipinski definition) is 0. The molecule has 1 aromatic carbocycles. The van der Waals surface area contributed by atoms with Gasteiger partial charge in [0.15, 0.2) is 0 Å². The molecule has 2 aromatic rings. The maximum absolute atomic E-state index is 5.69. The molecule has 3 nitrogen and oxygen atoms in total. The molecule has 0 unspecified atom stereocenters. The van der Waals surface area contributed by atoms with Gasteiger partial charge in [-0.25, -0.2) is 0 Å². The summed E-state index contributed by atoms with van der Waals surface area (Å²) < 4.78 is 5.69. The lowest BCUT2D eigenvalue weighted by Gasteiger charge is -2.11. The average Bonchev–Trinajstić information content (AvgIpc) is 2.28. The van der Waals surface area contributed by atoms with Crippen LogP contribution in [0, 0.1) is 13.8 Å². The Morgan fingerprint density at radius 2 is 1.94 bits per heavy atom. The lowest BCUT2D eigenvalue weighted by atomic mass is 10.1. The van der Waals surface area contributed by atoms with Crippen molar-refractivity contribution < 1.29 is 4.74 Å². The van der Waals surface area contributed by atoms with E-state index in [1.165, 1.54) is 0 Å². The molecule has 2 rings (SSSR count). The second kappa shape index (κ2) is 5.17. The Kier molecular flexibility index (Phi) is 3.60. The number of hydrogen-bond acceptors (Lipinski definition) is 3. The maximum Gasteiger partial charge on any atom is 0.120 e. The molecule has 0 N–H and O–H groups in total. The highest BCUT2D eigenvalue weighted by atomic mass is 16.5. The molecule has 94 valence electrons. The summed E-state index contributed by atoms with van der Waals surface area (Å²) in [5.41, 5.74) is 3.83. The van der Waals surface area contributed by atoms with Gasteiger partial charge in [0, 0.05) is 11.8 Å². The second-order valence-corrected chi connectivity index (χ2v) is 4.64. The van der Waals surface area contributed by atoms with Gasteiger partial charge in [-0.1, -0.05) is 12.1 Å². The first kappa shape index (κ1) is 12.6. The smallest absolute Gasteiger partial charge is 0.120 e. The molecule has 0 fully saturated rings. The third-order valence-corrected chi connectivity index (χ3v) is 2.55. The Labute approximate surface area is 108 Å². The van der Waals surface area contributed by atoms with Crippen molar-refractivity contribution in [2.75, 3.05) is 0 Å². The highest BCUT2D eigenvalue weighted by Gasteiger charge is 2.06. The number of nitrogens with zero attached hydrogens (tertiary/aromatic N) is 2. The minimum atomic E-state index is 0.172. The van der Waals surface area contributed by atoms with Crippen LogP contribution < -0.4 is 4.74 Å². The highest BCUT2D eigenvalue weighted by molar-refractivity contribution is 5.63. The van der Waals surface area contributed by atoms with Crippen molar-refractivity contribution >= 4 is 0 Å². The Balaban J connectivity index is 2.38. The summed E-state index contributed by atoms with van der Waals surface area (Å²) in [5, 5.41) is 0. The number of benzene rings is 1. The van der Waals surface area contributed by atoms with Gasteiger partial charge in [-0.2, -0.15) is 0 Å². The normalized spacial score (nSPS) is 10.7. The van der Waals surface area contributed by atoms with E-state index in [9.17, 15) is 0 Å². The van der Waals surface area contributed by atoms with E-state index in [2.05, 4.69) is 9.97 Å². The van der Waals surface area contributed by atoms with E-state index >= 15 is 0 Å². The predicted molar refractivity (Wildman–Crippen MR) is 72.7 cm³/mol. The monoisotopic (exact) mass is 242 g/mol. The number of ether oxygens (including phenoxy) is 1. The predicted octanol–water partition coefficient (Wildman–Crippen LogP) is 3.55. The lowest BCUT2D eigenvalue weighted by Crippen LogP contribution is -2.05. The number of aromatic nitrogens is 2. The molecule has 1 aromatic heterocycles. The van der Waals surface area contributed by atoms with E-state index in [0.29, 0.717) is 0 Å². The summed E-state index contributed by atoms with van der Waals surface area (Å²) in [6, 6.07) is 7.97. The first-order valence-corrected chi connectivity index (χ1v) is 6.13. The summed E-state index contributed by atoms with van der Waals surface area (Å²) in [6.07, 6.45) is 1.96. The van der Waals surface area contributed by atoms with Crippen LogP contribution in [0.4, 0.5) is 0 Å². The van der Waals surface area contributed by atoms with Gasteiger partial charge in [0.25, 0.3) is 0 Å². The van der Waals surface area contributed by atoms with Crippen molar-refractivity contribution in [1.29, 1.82) is 0 Å². The van der Waals surface area contributed by atoms with Crippen molar-refractivity contribution in [1.82, 2.24) is 9.97 Å². The zero-order valence-electron chi connectivity index (χ0n) is 11.3. The molecule has 0 saturated heterocycles. The number of rotatable bonds is 3. The molecule has 0 aliphatic rings. The van der Waals surface area contributed by atoms with E-state index in [1.54, 1.807) is 6.20 Å². The van der Waals surface area contributed by atoms with Crippen molar-refractivity contribution in [3.63, 3.8) is 0 Å². The molecule has 0 aliphatic carbocycles. The van der Waals surface area contributed by atoms with Gasteiger partial charge < -0.3 is 4.74 Å². The highest BCUT2D eigenvalue weighted by Crippen LogP contribution is 2.24. The fraction of sp³-hybridized carbons (Fsp3) is 0.333.